The lowest BCUT2D eigenvalue weighted by molar-refractivity contribution is -0.137. The van der Waals surface area contributed by atoms with E-state index in [1.54, 1.807) is 0 Å². The summed E-state index contributed by atoms with van der Waals surface area (Å²) in [7, 11) is 0. The van der Waals surface area contributed by atoms with Gasteiger partial charge in [0, 0.05) is 31.8 Å². The third-order valence-corrected chi connectivity index (χ3v) is 2.95. The lowest BCUT2D eigenvalue weighted by atomic mass is 10.1. The Morgan fingerprint density at radius 3 is 2.37 bits per heavy atom. The second kappa shape index (κ2) is 11.8. The standard InChI is InChI=1S/C8H16O2.C7H12N2/c1-2-3-4-5-6-7-8(9)10;1-3-7-8-5-6-9(7)4-2/h2-7H2,1H3,(H,9,10);5-6H,3-4H2,1-2H3. The van der Waals surface area contributed by atoms with Gasteiger partial charge in [0.15, 0.2) is 0 Å². The van der Waals surface area contributed by atoms with E-state index < -0.39 is 5.97 Å². The van der Waals surface area contributed by atoms with Crippen LogP contribution in [0, 0.1) is 0 Å². The molecule has 0 aliphatic carbocycles. The molecule has 0 fully saturated rings. The Hall–Kier alpha value is -1.32. The summed E-state index contributed by atoms with van der Waals surface area (Å²) in [6.45, 7) is 7.43. The number of carbonyl (C=O) groups is 1. The van der Waals surface area contributed by atoms with Gasteiger partial charge in [-0.25, -0.2) is 4.98 Å². The van der Waals surface area contributed by atoms with E-state index in [1.807, 2.05) is 12.4 Å². The molecule has 0 saturated heterocycles. The summed E-state index contributed by atoms with van der Waals surface area (Å²) in [5, 5.41) is 8.27. The van der Waals surface area contributed by atoms with Crippen LogP contribution in [0.25, 0.3) is 0 Å². The molecular weight excluding hydrogens is 240 g/mol. The molecule has 0 aromatic carbocycles. The summed E-state index contributed by atoms with van der Waals surface area (Å²) in [6, 6.07) is 0. The number of hydrogen-bond donors (Lipinski definition) is 1. The molecule has 1 N–H and O–H groups in total. The van der Waals surface area contributed by atoms with Crippen LogP contribution in [-0.2, 0) is 17.8 Å². The van der Waals surface area contributed by atoms with E-state index in [0.29, 0.717) is 6.42 Å². The normalized spacial score (nSPS) is 9.84. The fourth-order valence-corrected chi connectivity index (χ4v) is 1.82. The number of aryl methyl sites for hydroxylation is 2. The first-order valence-electron chi connectivity index (χ1n) is 7.37. The minimum absolute atomic E-state index is 0.337. The van der Waals surface area contributed by atoms with Crippen molar-refractivity contribution in [2.24, 2.45) is 0 Å². The maximum atomic E-state index is 10.0. The van der Waals surface area contributed by atoms with Gasteiger partial charge in [0.2, 0.25) is 0 Å². The Labute approximate surface area is 116 Å². The SMILES string of the molecule is CCCCCCCC(=O)O.CCc1nccn1CC. The Morgan fingerprint density at radius 2 is 1.89 bits per heavy atom. The Bertz CT molecular complexity index is 316. The zero-order valence-corrected chi connectivity index (χ0v) is 12.6. The van der Waals surface area contributed by atoms with E-state index in [4.69, 9.17) is 5.11 Å². The zero-order valence-electron chi connectivity index (χ0n) is 12.6. The van der Waals surface area contributed by atoms with Crippen LogP contribution in [0.2, 0.25) is 0 Å². The molecule has 0 spiro atoms. The van der Waals surface area contributed by atoms with Gasteiger partial charge >= 0.3 is 5.97 Å². The molecule has 0 unspecified atom stereocenters. The van der Waals surface area contributed by atoms with Crippen LogP contribution in [0.3, 0.4) is 0 Å². The lowest BCUT2D eigenvalue weighted by Gasteiger charge is -1.98. The molecule has 0 amide bonds. The average Bonchev–Trinajstić information content (AvgIpc) is 2.86. The summed E-state index contributed by atoms with van der Waals surface area (Å²) in [5.74, 6) is 0.508. The molecule has 19 heavy (non-hydrogen) atoms. The highest BCUT2D eigenvalue weighted by molar-refractivity contribution is 5.66. The topological polar surface area (TPSA) is 55.1 Å². The predicted molar refractivity (Wildman–Crippen MR) is 78.3 cm³/mol. The summed E-state index contributed by atoms with van der Waals surface area (Å²) in [5.41, 5.74) is 0. The molecule has 0 saturated carbocycles. The summed E-state index contributed by atoms with van der Waals surface area (Å²) in [6.07, 6.45) is 10.8. The number of rotatable bonds is 8. The zero-order chi connectivity index (χ0) is 14.5. The fourth-order valence-electron chi connectivity index (χ4n) is 1.82. The van der Waals surface area contributed by atoms with Crippen molar-refractivity contribution >= 4 is 5.97 Å². The first-order valence-corrected chi connectivity index (χ1v) is 7.37. The van der Waals surface area contributed by atoms with Crippen LogP contribution in [0.15, 0.2) is 12.4 Å². The lowest BCUT2D eigenvalue weighted by Crippen LogP contribution is -1.98. The van der Waals surface area contributed by atoms with Gasteiger partial charge in [0.05, 0.1) is 0 Å². The molecule has 1 heterocycles. The molecule has 1 rings (SSSR count). The monoisotopic (exact) mass is 268 g/mol. The highest BCUT2D eigenvalue weighted by Gasteiger charge is 1.95. The molecule has 0 radical (unpaired) electrons. The molecule has 0 atom stereocenters. The summed E-state index contributed by atoms with van der Waals surface area (Å²) < 4.78 is 2.15. The van der Waals surface area contributed by atoms with Crippen LogP contribution < -0.4 is 0 Å². The molecule has 0 aliphatic heterocycles. The van der Waals surface area contributed by atoms with Crippen molar-refractivity contribution in [3.8, 4) is 0 Å². The van der Waals surface area contributed by atoms with Crippen molar-refractivity contribution in [2.45, 2.75) is 72.3 Å². The maximum Gasteiger partial charge on any atom is 0.303 e. The Morgan fingerprint density at radius 1 is 1.21 bits per heavy atom. The number of carboxylic acids is 1. The van der Waals surface area contributed by atoms with Crippen LogP contribution in [0.5, 0.6) is 0 Å². The quantitative estimate of drug-likeness (QED) is 0.727. The van der Waals surface area contributed by atoms with Crippen molar-refractivity contribution in [1.82, 2.24) is 9.55 Å². The number of carboxylic acid groups (broad SMARTS) is 1. The second-order valence-corrected chi connectivity index (χ2v) is 4.54. The van der Waals surface area contributed by atoms with Crippen LogP contribution in [0.1, 0.15) is 65.1 Å². The van der Waals surface area contributed by atoms with Crippen molar-refractivity contribution in [3.63, 3.8) is 0 Å². The maximum absolute atomic E-state index is 10.0. The molecular formula is C15H28N2O2. The highest BCUT2D eigenvalue weighted by Crippen LogP contribution is 2.04. The molecule has 110 valence electrons. The molecule has 4 nitrogen and oxygen atoms in total. The van der Waals surface area contributed by atoms with Crippen molar-refractivity contribution in [2.75, 3.05) is 0 Å². The summed E-state index contributed by atoms with van der Waals surface area (Å²) in [4.78, 5) is 14.2. The van der Waals surface area contributed by atoms with Gasteiger partial charge in [-0.15, -0.1) is 0 Å². The average molecular weight is 268 g/mol. The predicted octanol–water partition coefficient (Wildman–Crippen LogP) is 3.90. The third kappa shape index (κ3) is 9.28. The summed E-state index contributed by atoms with van der Waals surface area (Å²) >= 11 is 0. The largest absolute Gasteiger partial charge is 0.481 e. The van der Waals surface area contributed by atoms with Crippen molar-refractivity contribution < 1.29 is 9.90 Å². The van der Waals surface area contributed by atoms with Gasteiger partial charge in [0.25, 0.3) is 0 Å². The van der Waals surface area contributed by atoms with Crippen LogP contribution >= 0.6 is 0 Å². The van der Waals surface area contributed by atoms with Gasteiger partial charge in [-0.3, -0.25) is 4.79 Å². The van der Waals surface area contributed by atoms with Gasteiger partial charge in [-0.1, -0.05) is 39.5 Å². The number of imidazole rings is 1. The van der Waals surface area contributed by atoms with Gasteiger partial charge in [0.1, 0.15) is 5.82 Å². The molecule has 0 aliphatic rings. The number of nitrogens with zero attached hydrogens (tertiary/aromatic N) is 2. The van der Waals surface area contributed by atoms with Crippen molar-refractivity contribution in [3.05, 3.63) is 18.2 Å². The van der Waals surface area contributed by atoms with E-state index in [0.717, 1.165) is 25.8 Å². The molecule has 4 heteroatoms. The third-order valence-electron chi connectivity index (χ3n) is 2.95. The number of unbranched alkanes of at least 4 members (excludes halogenated alkanes) is 4. The van der Waals surface area contributed by atoms with Gasteiger partial charge < -0.3 is 9.67 Å². The van der Waals surface area contributed by atoms with E-state index in [2.05, 4.69) is 30.3 Å². The van der Waals surface area contributed by atoms with Crippen LogP contribution in [0.4, 0.5) is 0 Å². The molecule has 0 bridgehead atoms. The van der Waals surface area contributed by atoms with E-state index in [-0.39, 0.29) is 0 Å². The van der Waals surface area contributed by atoms with Gasteiger partial charge in [-0.2, -0.15) is 0 Å². The van der Waals surface area contributed by atoms with E-state index in [9.17, 15) is 4.79 Å². The first kappa shape index (κ1) is 17.7. The first-order chi connectivity index (χ1) is 9.15. The smallest absolute Gasteiger partial charge is 0.303 e. The van der Waals surface area contributed by atoms with E-state index in [1.165, 1.54) is 25.1 Å². The van der Waals surface area contributed by atoms with Crippen molar-refractivity contribution in [1.29, 1.82) is 0 Å². The van der Waals surface area contributed by atoms with Gasteiger partial charge in [-0.05, 0) is 13.3 Å². The minimum atomic E-state index is -0.670. The highest BCUT2D eigenvalue weighted by atomic mass is 16.4. The molecule has 1 aromatic heterocycles. The molecule has 1 aromatic rings. The van der Waals surface area contributed by atoms with Crippen LogP contribution in [-0.4, -0.2) is 20.6 Å². The number of hydrogen-bond acceptors (Lipinski definition) is 2. The van der Waals surface area contributed by atoms with E-state index >= 15 is 0 Å². The Kier molecular flexibility index (Phi) is 10.9. The minimum Gasteiger partial charge on any atom is -0.481 e. The fraction of sp³-hybridized carbons (Fsp3) is 0.733. The number of aromatic nitrogens is 2. The number of aliphatic carboxylic acids is 1. The Balaban J connectivity index is 0.000000342. The second-order valence-electron chi connectivity index (χ2n) is 4.54.